The van der Waals surface area contributed by atoms with E-state index >= 15 is 0 Å². The van der Waals surface area contributed by atoms with Crippen molar-refractivity contribution in [3.05, 3.63) is 24.3 Å². The maximum absolute atomic E-state index is 5.79. The second kappa shape index (κ2) is 8.12. The third kappa shape index (κ3) is 5.02. The molecule has 0 unspecified atom stereocenters. The molecule has 1 fully saturated rings. The zero-order valence-electron chi connectivity index (χ0n) is 12.6. The fraction of sp³-hybridized carbons (Fsp3) is 0.625. The fourth-order valence-electron chi connectivity index (χ4n) is 2.36. The van der Waals surface area contributed by atoms with E-state index in [1.54, 1.807) is 0 Å². The lowest BCUT2D eigenvalue weighted by atomic mass is 10.2. The highest BCUT2D eigenvalue weighted by Crippen LogP contribution is 2.17. The van der Waals surface area contributed by atoms with Crippen LogP contribution in [0, 0.1) is 0 Å². The van der Waals surface area contributed by atoms with Gasteiger partial charge in [-0.25, -0.2) is 0 Å². The van der Waals surface area contributed by atoms with Crippen molar-refractivity contribution in [2.24, 2.45) is 0 Å². The maximum atomic E-state index is 5.79. The molecule has 1 aromatic rings. The lowest BCUT2D eigenvalue weighted by molar-refractivity contribution is 0.170. The highest BCUT2D eigenvalue weighted by molar-refractivity contribution is 5.31. The van der Waals surface area contributed by atoms with Crippen LogP contribution in [0.1, 0.15) is 20.3 Å². The largest absolute Gasteiger partial charge is 0.494 e. The molecule has 1 saturated heterocycles. The molecule has 1 aliphatic heterocycles. The van der Waals surface area contributed by atoms with Crippen molar-refractivity contribution < 1.29 is 9.47 Å². The first kappa shape index (κ1) is 15.1. The molecule has 0 amide bonds. The van der Waals surface area contributed by atoms with Crippen molar-refractivity contribution in [1.29, 1.82) is 0 Å². The molecule has 1 heterocycles. The quantitative estimate of drug-likeness (QED) is 0.828. The van der Waals surface area contributed by atoms with Crippen molar-refractivity contribution in [2.75, 3.05) is 39.4 Å². The van der Waals surface area contributed by atoms with Crippen LogP contribution in [0.3, 0.4) is 0 Å². The summed E-state index contributed by atoms with van der Waals surface area (Å²) in [7, 11) is 0. The summed E-state index contributed by atoms with van der Waals surface area (Å²) in [6.45, 7) is 10.1. The smallest absolute Gasteiger partial charge is 0.119 e. The van der Waals surface area contributed by atoms with Gasteiger partial charge in [0.15, 0.2) is 0 Å². The van der Waals surface area contributed by atoms with Crippen molar-refractivity contribution in [2.45, 2.75) is 26.3 Å². The van der Waals surface area contributed by atoms with Gasteiger partial charge in [-0.15, -0.1) is 0 Å². The van der Waals surface area contributed by atoms with Gasteiger partial charge in [0, 0.05) is 32.2 Å². The summed E-state index contributed by atoms with van der Waals surface area (Å²) in [6.07, 6.45) is 1.03. The Bertz CT molecular complexity index is 381. The van der Waals surface area contributed by atoms with Crippen molar-refractivity contribution >= 4 is 0 Å². The average Bonchev–Trinajstić information content (AvgIpc) is 2.46. The van der Waals surface area contributed by atoms with Gasteiger partial charge >= 0.3 is 0 Å². The van der Waals surface area contributed by atoms with E-state index in [-0.39, 0.29) is 0 Å². The molecular formula is C16H26N2O2. The fourth-order valence-corrected chi connectivity index (χ4v) is 2.36. The third-order valence-corrected chi connectivity index (χ3v) is 3.43. The summed E-state index contributed by atoms with van der Waals surface area (Å²) < 4.78 is 11.3. The van der Waals surface area contributed by atoms with Crippen molar-refractivity contribution in [3.8, 4) is 11.5 Å². The zero-order chi connectivity index (χ0) is 14.2. The average molecular weight is 278 g/mol. The van der Waals surface area contributed by atoms with Crippen LogP contribution in [0.4, 0.5) is 0 Å². The van der Waals surface area contributed by atoms with E-state index in [4.69, 9.17) is 9.47 Å². The van der Waals surface area contributed by atoms with Crippen LogP contribution < -0.4 is 14.8 Å². The van der Waals surface area contributed by atoms with Gasteiger partial charge in [0.25, 0.3) is 0 Å². The summed E-state index contributed by atoms with van der Waals surface area (Å²) in [6, 6.07) is 8.48. The van der Waals surface area contributed by atoms with Gasteiger partial charge in [0.2, 0.25) is 0 Å². The number of nitrogens with zero attached hydrogens (tertiary/aromatic N) is 1. The van der Waals surface area contributed by atoms with E-state index in [1.165, 1.54) is 0 Å². The van der Waals surface area contributed by atoms with Crippen LogP contribution in [0.25, 0.3) is 0 Å². The molecule has 2 rings (SSSR count). The van der Waals surface area contributed by atoms with Crippen molar-refractivity contribution in [3.63, 3.8) is 0 Å². The normalized spacial score (nSPS) is 19.8. The van der Waals surface area contributed by atoms with E-state index in [0.717, 1.165) is 57.3 Å². The number of benzene rings is 1. The summed E-state index contributed by atoms with van der Waals surface area (Å²) in [5, 5.41) is 3.45. The first-order chi connectivity index (χ1) is 9.78. The number of piperazine rings is 1. The zero-order valence-corrected chi connectivity index (χ0v) is 12.6. The van der Waals surface area contributed by atoms with Crippen LogP contribution >= 0.6 is 0 Å². The minimum absolute atomic E-state index is 0.582. The van der Waals surface area contributed by atoms with Crippen LogP contribution in [0.15, 0.2) is 24.3 Å². The van der Waals surface area contributed by atoms with E-state index in [2.05, 4.69) is 24.1 Å². The molecule has 1 N–H and O–H groups in total. The SMILES string of the molecule is CCCOc1ccc(OCCN2CCN[C@H](C)C2)cc1. The molecule has 4 nitrogen and oxygen atoms in total. The molecule has 0 aromatic heterocycles. The molecule has 112 valence electrons. The Morgan fingerprint density at radius 3 is 2.40 bits per heavy atom. The number of hydrogen-bond donors (Lipinski definition) is 1. The lowest BCUT2D eigenvalue weighted by Gasteiger charge is -2.31. The van der Waals surface area contributed by atoms with Crippen LogP contribution in [-0.2, 0) is 0 Å². The van der Waals surface area contributed by atoms with Crippen LogP contribution in [-0.4, -0.2) is 50.3 Å². The van der Waals surface area contributed by atoms with E-state index in [9.17, 15) is 0 Å². The van der Waals surface area contributed by atoms with Crippen LogP contribution in [0.2, 0.25) is 0 Å². The molecule has 0 radical (unpaired) electrons. The van der Waals surface area contributed by atoms with Gasteiger partial charge in [-0.2, -0.15) is 0 Å². The standard InChI is InChI=1S/C16H26N2O2/c1-3-11-19-15-4-6-16(7-5-15)20-12-10-18-9-8-17-14(2)13-18/h4-7,14,17H,3,8-13H2,1-2H3/t14-/m1/s1. The predicted octanol–water partition coefficient (Wildman–Crippen LogP) is 2.15. The van der Waals surface area contributed by atoms with Gasteiger partial charge in [0.05, 0.1) is 6.61 Å². The molecular weight excluding hydrogens is 252 g/mol. The highest BCUT2D eigenvalue weighted by Gasteiger charge is 2.14. The number of ether oxygens (including phenoxy) is 2. The van der Waals surface area contributed by atoms with Gasteiger partial charge in [-0.3, -0.25) is 4.90 Å². The Morgan fingerprint density at radius 1 is 1.15 bits per heavy atom. The minimum Gasteiger partial charge on any atom is -0.494 e. The molecule has 1 atom stereocenters. The van der Waals surface area contributed by atoms with Gasteiger partial charge in [-0.1, -0.05) is 6.92 Å². The molecule has 1 aromatic carbocycles. The van der Waals surface area contributed by atoms with E-state index in [1.807, 2.05) is 24.3 Å². The molecule has 1 aliphatic rings. The third-order valence-electron chi connectivity index (χ3n) is 3.43. The first-order valence-corrected chi connectivity index (χ1v) is 7.59. The molecule has 0 spiro atoms. The maximum Gasteiger partial charge on any atom is 0.119 e. The topological polar surface area (TPSA) is 33.7 Å². The molecule has 0 bridgehead atoms. The van der Waals surface area contributed by atoms with Gasteiger partial charge in [0.1, 0.15) is 18.1 Å². The Balaban J connectivity index is 1.68. The monoisotopic (exact) mass is 278 g/mol. The van der Waals surface area contributed by atoms with Crippen molar-refractivity contribution in [1.82, 2.24) is 10.2 Å². The highest BCUT2D eigenvalue weighted by atomic mass is 16.5. The summed E-state index contributed by atoms with van der Waals surface area (Å²) in [5.74, 6) is 1.83. The first-order valence-electron chi connectivity index (χ1n) is 7.59. The second-order valence-electron chi connectivity index (χ2n) is 5.32. The Kier molecular flexibility index (Phi) is 6.15. The Labute approximate surface area is 122 Å². The van der Waals surface area contributed by atoms with Crippen LogP contribution in [0.5, 0.6) is 11.5 Å². The summed E-state index contributed by atoms with van der Waals surface area (Å²) in [4.78, 5) is 2.44. The van der Waals surface area contributed by atoms with Gasteiger partial charge in [-0.05, 0) is 37.6 Å². The molecule has 0 aliphatic carbocycles. The Hall–Kier alpha value is -1.26. The minimum atomic E-state index is 0.582. The lowest BCUT2D eigenvalue weighted by Crippen LogP contribution is -2.50. The van der Waals surface area contributed by atoms with E-state index < -0.39 is 0 Å². The van der Waals surface area contributed by atoms with E-state index in [0.29, 0.717) is 6.04 Å². The number of rotatable bonds is 7. The molecule has 0 saturated carbocycles. The summed E-state index contributed by atoms with van der Waals surface area (Å²) >= 11 is 0. The Morgan fingerprint density at radius 2 is 1.80 bits per heavy atom. The van der Waals surface area contributed by atoms with Gasteiger partial charge < -0.3 is 14.8 Å². The number of hydrogen-bond acceptors (Lipinski definition) is 4. The second-order valence-corrected chi connectivity index (χ2v) is 5.32. The molecule has 20 heavy (non-hydrogen) atoms. The predicted molar refractivity (Wildman–Crippen MR) is 81.6 cm³/mol. The summed E-state index contributed by atoms with van der Waals surface area (Å²) in [5.41, 5.74) is 0. The molecule has 4 heteroatoms. The number of nitrogens with one attached hydrogen (secondary N) is 1.